The second kappa shape index (κ2) is 8.34. The van der Waals surface area contributed by atoms with Crippen molar-refractivity contribution in [3.8, 4) is 0 Å². The molecule has 2 N–H and O–H groups in total. The minimum atomic E-state index is -4.52. The SMILES string of the molecule is O=C(Nc1ccccc1C(F)(F)F)N1CCC(OCCCO)CC1. The molecular formula is C16H21F3N2O3. The van der Waals surface area contributed by atoms with Gasteiger partial charge in [0.1, 0.15) is 0 Å². The van der Waals surface area contributed by atoms with E-state index >= 15 is 0 Å². The highest BCUT2D eigenvalue weighted by Crippen LogP contribution is 2.34. The monoisotopic (exact) mass is 346 g/mol. The van der Waals surface area contributed by atoms with Gasteiger partial charge in [-0.15, -0.1) is 0 Å². The first-order valence-corrected chi connectivity index (χ1v) is 7.86. The van der Waals surface area contributed by atoms with Crippen molar-refractivity contribution in [1.82, 2.24) is 4.90 Å². The summed E-state index contributed by atoms with van der Waals surface area (Å²) in [6, 6.07) is 4.38. The van der Waals surface area contributed by atoms with E-state index in [1.54, 1.807) is 0 Å². The molecule has 2 rings (SSSR count). The van der Waals surface area contributed by atoms with E-state index in [0.29, 0.717) is 39.0 Å². The van der Waals surface area contributed by atoms with Crippen LogP contribution in [0.3, 0.4) is 0 Å². The number of halogens is 3. The van der Waals surface area contributed by atoms with Gasteiger partial charge in [-0.2, -0.15) is 13.2 Å². The van der Waals surface area contributed by atoms with Crippen LogP contribution in [-0.2, 0) is 10.9 Å². The Morgan fingerprint density at radius 3 is 2.58 bits per heavy atom. The number of benzene rings is 1. The molecule has 1 saturated heterocycles. The van der Waals surface area contributed by atoms with Gasteiger partial charge in [-0.05, 0) is 31.4 Å². The molecule has 5 nitrogen and oxygen atoms in total. The van der Waals surface area contributed by atoms with Gasteiger partial charge >= 0.3 is 12.2 Å². The zero-order valence-electron chi connectivity index (χ0n) is 13.2. The Kier molecular flexibility index (Phi) is 6.44. The minimum Gasteiger partial charge on any atom is -0.396 e. The molecule has 134 valence electrons. The lowest BCUT2D eigenvalue weighted by Crippen LogP contribution is -2.43. The number of rotatable bonds is 5. The number of nitrogens with one attached hydrogen (secondary N) is 1. The van der Waals surface area contributed by atoms with Gasteiger partial charge in [0.15, 0.2) is 0 Å². The molecule has 1 aromatic carbocycles. The van der Waals surface area contributed by atoms with Crippen LogP contribution >= 0.6 is 0 Å². The fraction of sp³-hybridized carbons (Fsp3) is 0.562. The molecule has 0 radical (unpaired) electrons. The lowest BCUT2D eigenvalue weighted by Gasteiger charge is -2.32. The summed E-state index contributed by atoms with van der Waals surface area (Å²) in [7, 11) is 0. The largest absolute Gasteiger partial charge is 0.418 e. The second-order valence-electron chi connectivity index (χ2n) is 5.61. The van der Waals surface area contributed by atoms with Crippen molar-refractivity contribution in [2.24, 2.45) is 0 Å². The van der Waals surface area contributed by atoms with Crippen LogP contribution in [0.1, 0.15) is 24.8 Å². The summed E-state index contributed by atoms with van der Waals surface area (Å²) in [6.07, 6.45) is -2.69. The van der Waals surface area contributed by atoms with E-state index in [4.69, 9.17) is 9.84 Å². The van der Waals surface area contributed by atoms with E-state index < -0.39 is 17.8 Å². The lowest BCUT2D eigenvalue weighted by atomic mass is 10.1. The molecule has 0 unspecified atom stereocenters. The number of aliphatic hydroxyl groups is 1. The van der Waals surface area contributed by atoms with E-state index in [0.717, 1.165) is 6.07 Å². The predicted octanol–water partition coefficient (Wildman–Crippen LogP) is 3.10. The molecule has 8 heteroatoms. The van der Waals surface area contributed by atoms with E-state index in [1.165, 1.54) is 23.1 Å². The van der Waals surface area contributed by atoms with Gasteiger partial charge in [0, 0.05) is 26.3 Å². The molecule has 2 amide bonds. The average molecular weight is 346 g/mol. The highest BCUT2D eigenvalue weighted by molar-refractivity contribution is 5.90. The van der Waals surface area contributed by atoms with Gasteiger partial charge < -0.3 is 20.1 Å². The Morgan fingerprint density at radius 1 is 1.29 bits per heavy atom. The van der Waals surface area contributed by atoms with Crippen molar-refractivity contribution >= 4 is 11.7 Å². The van der Waals surface area contributed by atoms with Crippen LogP contribution in [0.15, 0.2) is 24.3 Å². The van der Waals surface area contributed by atoms with Crippen LogP contribution in [0, 0.1) is 0 Å². The fourth-order valence-corrected chi connectivity index (χ4v) is 2.57. The zero-order valence-corrected chi connectivity index (χ0v) is 13.2. The Morgan fingerprint density at radius 2 is 1.96 bits per heavy atom. The zero-order chi connectivity index (χ0) is 17.6. The summed E-state index contributed by atoms with van der Waals surface area (Å²) in [4.78, 5) is 13.7. The number of hydrogen-bond acceptors (Lipinski definition) is 3. The molecule has 1 fully saturated rings. The molecule has 1 aliphatic rings. The summed E-state index contributed by atoms with van der Waals surface area (Å²) < 4.78 is 44.4. The van der Waals surface area contributed by atoms with Crippen molar-refractivity contribution < 1.29 is 27.8 Å². The van der Waals surface area contributed by atoms with Crippen molar-refractivity contribution in [2.75, 3.05) is 31.6 Å². The van der Waals surface area contributed by atoms with E-state index in [1.807, 2.05) is 0 Å². The predicted molar refractivity (Wildman–Crippen MR) is 82.7 cm³/mol. The Hall–Kier alpha value is -1.80. The van der Waals surface area contributed by atoms with Crippen LogP contribution in [0.5, 0.6) is 0 Å². The number of aliphatic hydroxyl groups excluding tert-OH is 1. The number of likely N-dealkylation sites (tertiary alicyclic amines) is 1. The van der Waals surface area contributed by atoms with Gasteiger partial charge in [-0.3, -0.25) is 0 Å². The van der Waals surface area contributed by atoms with Crippen LogP contribution in [0.2, 0.25) is 0 Å². The summed E-state index contributed by atoms with van der Waals surface area (Å²) in [5, 5.41) is 11.1. The minimum absolute atomic E-state index is 0.0167. The van der Waals surface area contributed by atoms with Gasteiger partial charge in [0.25, 0.3) is 0 Å². The Labute approximate surface area is 138 Å². The van der Waals surface area contributed by atoms with Crippen molar-refractivity contribution in [1.29, 1.82) is 0 Å². The standard InChI is InChI=1S/C16H21F3N2O3/c17-16(18,19)13-4-1-2-5-14(13)20-15(23)21-8-6-12(7-9-21)24-11-3-10-22/h1-2,4-5,12,22H,3,6-11H2,(H,20,23). The molecule has 0 aliphatic carbocycles. The summed E-state index contributed by atoms with van der Waals surface area (Å²) in [6.45, 7) is 1.37. The second-order valence-corrected chi connectivity index (χ2v) is 5.61. The van der Waals surface area contributed by atoms with E-state index in [2.05, 4.69) is 5.32 Å². The van der Waals surface area contributed by atoms with Crippen LogP contribution in [0.25, 0.3) is 0 Å². The maximum Gasteiger partial charge on any atom is 0.418 e. The van der Waals surface area contributed by atoms with Crippen molar-refractivity contribution in [3.05, 3.63) is 29.8 Å². The Balaban J connectivity index is 1.89. The molecule has 0 aromatic heterocycles. The topological polar surface area (TPSA) is 61.8 Å². The highest BCUT2D eigenvalue weighted by atomic mass is 19.4. The number of hydrogen-bond donors (Lipinski definition) is 2. The molecule has 1 aliphatic heterocycles. The van der Waals surface area contributed by atoms with Crippen molar-refractivity contribution in [2.45, 2.75) is 31.5 Å². The van der Waals surface area contributed by atoms with Gasteiger partial charge in [-0.1, -0.05) is 12.1 Å². The third-order valence-corrected chi connectivity index (χ3v) is 3.86. The number of urea groups is 1. The molecule has 1 heterocycles. The van der Waals surface area contributed by atoms with Crippen molar-refractivity contribution in [3.63, 3.8) is 0 Å². The molecule has 0 bridgehead atoms. The first-order valence-electron chi connectivity index (χ1n) is 7.86. The number of piperidine rings is 1. The number of nitrogens with zero attached hydrogens (tertiary/aromatic N) is 1. The van der Waals surface area contributed by atoms with Gasteiger partial charge in [0.2, 0.25) is 0 Å². The van der Waals surface area contributed by atoms with Crippen LogP contribution in [-0.4, -0.2) is 48.4 Å². The third kappa shape index (κ3) is 5.10. The maximum atomic E-state index is 12.9. The molecule has 1 aromatic rings. The highest BCUT2D eigenvalue weighted by Gasteiger charge is 2.34. The number of ether oxygens (including phenoxy) is 1. The van der Waals surface area contributed by atoms with Crippen LogP contribution < -0.4 is 5.32 Å². The third-order valence-electron chi connectivity index (χ3n) is 3.86. The number of carbonyl (C=O) groups excluding carboxylic acids is 1. The average Bonchev–Trinajstić information content (AvgIpc) is 2.55. The van der Waals surface area contributed by atoms with E-state index in [9.17, 15) is 18.0 Å². The smallest absolute Gasteiger partial charge is 0.396 e. The fourth-order valence-electron chi connectivity index (χ4n) is 2.57. The van der Waals surface area contributed by atoms with Crippen LogP contribution in [0.4, 0.5) is 23.7 Å². The first-order chi connectivity index (χ1) is 11.4. The normalized spacial score (nSPS) is 16.2. The van der Waals surface area contributed by atoms with E-state index in [-0.39, 0.29) is 18.4 Å². The number of alkyl halides is 3. The van der Waals surface area contributed by atoms with Gasteiger partial charge in [-0.25, -0.2) is 4.79 Å². The molecule has 0 atom stereocenters. The molecular weight excluding hydrogens is 325 g/mol. The molecule has 0 spiro atoms. The summed E-state index contributed by atoms with van der Waals surface area (Å²) in [5.41, 5.74) is -1.10. The number of carbonyl (C=O) groups is 1. The van der Waals surface area contributed by atoms with Gasteiger partial charge in [0.05, 0.1) is 17.4 Å². The number of amides is 2. The number of para-hydroxylation sites is 1. The first kappa shape index (κ1) is 18.5. The molecule has 0 saturated carbocycles. The quantitative estimate of drug-likeness (QED) is 0.806. The summed E-state index contributed by atoms with van der Waals surface area (Å²) >= 11 is 0. The molecule has 24 heavy (non-hydrogen) atoms. The maximum absolute atomic E-state index is 12.9. The lowest BCUT2D eigenvalue weighted by molar-refractivity contribution is -0.136. The Bertz CT molecular complexity index is 544. The summed E-state index contributed by atoms with van der Waals surface area (Å²) in [5.74, 6) is 0. The number of anilines is 1.